The van der Waals surface area contributed by atoms with E-state index < -0.39 is 0 Å². The Hall–Kier alpha value is -1.91. The molecule has 5 heteroatoms. The summed E-state index contributed by atoms with van der Waals surface area (Å²) in [4.78, 5) is 2.07. The van der Waals surface area contributed by atoms with Gasteiger partial charge < -0.3 is 15.1 Å². The van der Waals surface area contributed by atoms with E-state index in [0.29, 0.717) is 6.54 Å². The van der Waals surface area contributed by atoms with Gasteiger partial charge in [0.15, 0.2) is 5.82 Å². The number of nitrogen functional groups attached to an aromatic ring is 1. The van der Waals surface area contributed by atoms with E-state index in [1.807, 2.05) is 30.8 Å². The van der Waals surface area contributed by atoms with Gasteiger partial charge in [0.25, 0.3) is 0 Å². The largest absolute Gasteiger partial charge is 0.467 e. The molecule has 0 radical (unpaired) electrons. The topological polar surface area (TPSA) is 60.2 Å². The number of hydrogen-bond acceptors (Lipinski definition) is 4. The van der Waals surface area contributed by atoms with Crippen molar-refractivity contribution >= 4 is 11.5 Å². The van der Waals surface area contributed by atoms with Crippen LogP contribution in [0.2, 0.25) is 0 Å². The third-order valence-corrected chi connectivity index (χ3v) is 2.92. The van der Waals surface area contributed by atoms with Crippen LogP contribution in [0.4, 0.5) is 11.5 Å². The molecule has 2 aromatic rings. The molecule has 0 fully saturated rings. The molecule has 0 spiro atoms. The summed E-state index contributed by atoms with van der Waals surface area (Å²) in [5.41, 5.74) is 7.74. The molecule has 0 aliphatic carbocycles. The second-order valence-corrected chi connectivity index (χ2v) is 4.48. The summed E-state index contributed by atoms with van der Waals surface area (Å²) in [6.07, 6.45) is 2.71. The molecule has 0 aliphatic heterocycles. The second-order valence-electron chi connectivity index (χ2n) is 4.48. The number of rotatable bonds is 5. The highest BCUT2D eigenvalue weighted by Gasteiger charge is 2.16. The van der Waals surface area contributed by atoms with Crippen molar-refractivity contribution in [2.45, 2.75) is 33.4 Å². The van der Waals surface area contributed by atoms with Gasteiger partial charge in [0.1, 0.15) is 5.76 Å². The molecule has 18 heavy (non-hydrogen) atoms. The molecule has 2 aromatic heterocycles. The Labute approximate surface area is 107 Å². The molecule has 0 aliphatic rings. The van der Waals surface area contributed by atoms with E-state index in [0.717, 1.165) is 35.9 Å². The zero-order valence-corrected chi connectivity index (χ0v) is 11.2. The molecule has 98 valence electrons. The van der Waals surface area contributed by atoms with Crippen LogP contribution in [0.15, 0.2) is 22.8 Å². The zero-order valence-electron chi connectivity index (χ0n) is 11.2. The maximum absolute atomic E-state index is 6.11. The summed E-state index contributed by atoms with van der Waals surface area (Å²) in [6.45, 7) is 5.62. The summed E-state index contributed by atoms with van der Waals surface area (Å²) in [7, 11) is 2.00. The van der Waals surface area contributed by atoms with Gasteiger partial charge in [-0.3, -0.25) is 0 Å². The molecule has 2 rings (SSSR count). The maximum atomic E-state index is 6.11. The van der Waals surface area contributed by atoms with Crippen molar-refractivity contribution in [1.29, 1.82) is 0 Å². The minimum absolute atomic E-state index is 0.687. The van der Waals surface area contributed by atoms with Crippen molar-refractivity contribution < 1.29 is 4.42 Å². The highest BCUT2D eigenvalue weighted by molar-refractivity contribution is 5.65. The molecular formula is C13H20N4O. The fraction of sp³-hybridized carbons (Fsp3) is 0.462. The number of anilines is 2. The van der Waals surface area contributed by atoms with Crippen LogP contribution in [0.5, 0.6) is 0 Å². The summed E-state index contributed by atoms with van der Waals surface area (Å²) in [5, 5.41) is 4.47. The van der Waals surface area contributed by atoms with Crippen LogP contribution in [0, 0.1) is 6.92 Å². The highest BCUT2D eigenvalue weighted by atomic mass is 16.3. The molecule has 2 heterocycles. The maximum Gasteiger partial charge on any atom is 0.150 e. The normalized spacial score (nSPS) is 10.8. The molecule has 0 amide bonds. The van der Waals surface area contributed by atoms with E-state index in [1.165, 1.54) is 0 Å². The van der Waals surface area contributed by atoms with Crippen LogP contribution in [0.1, 0.15) is 24.8 Å². The number of furan rings is 1. The van der Waals surface area contributed by atoms with E-state index in [1.54, 1.807) is 6.26 Å². The molecule has 5 nitrogen and oxygen atoms in total. The first-order chi connectivity index (χ1) is 8.63. The predicted molar refractivity (Wildman–Crippen MR) is 72.5 cm³/mol. The first-order valence-electron chi connectivity index (χ1n) is 6.19. The van der Waals surface area contributed by atoms with E-state index in [9.17, 15) is 0 Å². The summed E-state index contributed by atoms with van der Waals surface area (Å²) < 4.78 is 7.33. The Kier molecular flexibility index (Phi) is 3.60. The van der Waals surface area contributed by atoms with Crippen molar-refractivity contribution in [2.75, 3.05) is 17.7 Å². The van der Waals surface area contributed by atoms with Crippen molar-refractivity contribution in [3.05, 3.63) is 29.9 Å². The van der Waals surface area contributed by atoms with Crippen LogP contribution in [-0.2, 0) is 13.1 Å². The highest BCUT2D eigenvalue weighted by Crippen LogP contribution is 2.27. The van der Waals surface area contributed by atoms with Crippen LogP contribution in [0.3, 0.4) is 0 Å². The van der Waals surface area contributed by atoms with Gasteiger partial charge in [-0.15, -0.1) is 0 Å². The average molecular weight is 248 g/mol. The van der Waals surface area contributed by atoms with Gasteiger partial charge in [0.05, 0.1) is 24.2 Å². The molecular weight excluding hydrogens is 228 g/mol. The van der Waals surface area contributed by atoms with Crippen molar-refractivity contribution in [2.24, 2.45) is 0 Å². The molecule has 0 atom stereocenters. The lowest BCUT2D eigenvalue weighted by molar-refractivity contribution is 0.502. The van der Waals surface area contributed by atoms with E-state index in [-0.39, 0.29) is 0 Å². The Bertz CT molecular complexity index is 501. The second kappa shape index (κ2) is 5.16. The van der Waals surface area contributed by atoms with E-state index in [4.69, 9.17) is 10.2 Å². The summed E-state index contributed by atoms with van der Waals surface area (Å²) >= 11 is 0. The fourth-order valence-electron chi connectivity index (χ4n) is 2.06. The van der Waals surface area contributed by atoms with Crippen LogP contribution < -0.4 is 10.6 Å². The molecule has 0 unspecified atom stereocenters. The molecule has 2 N–H and O–H groups in total. The van der Waals surface area contributed by atoms with Crippen LogP contribution >= 0.6 is 0 Å². The van der Waals surface area contributed by atoms with Crippen molar-refractivity contribution in [3.8, 4) is 0 Å². The number of nitrogens with zero attached hydrogens (tertiary/aromatic N) is 3. The minimum atomic E-state index is 0.687. The van der Waals surface area contributed by atoms with E-state index in [2.05, 4.69) is 16.9 Å². The van der Waals surface area contributed by atoms with Gasteiger partial charge in [-0.1, -0.05) is 6.92 Å². The lowest BCUT2D eigenvalue weighted by Crippen LogP contribution is -2.21. The first kappa shape index (κ1) is 12.5. The average Bonchev–Trinajstić information content (AvgIpc) is 2.90. The Balaban J connectivity index is 2.25. The van der Waals surface area contributed by atoms with Gasteiger partial charge >= 0.3 is 0 Å². The minimum Gasteiger partial charge on any atom is -0.467 e. The molecule has 0 bridgehead atoms. The Morgan fingerprint density at radius 1 is 1.50 bits per heavy atom. The lowest BCUT2D eigenvalue weighted by atomic mass is 10.3. The fourth-order valence-corrected chi connectivity index (χ4v) is 2.06. The Morgan fingerprint density at radius 2 is 2.28 bits per heavy atom. The van der Waals surface area contributed by atoms with Gasteiger partial charge in [0.2, 0.25) is 0 Å². The third kappa shape index (κ3) is 2.34. The third-order valence-electron chi connectivity index (χ3n) is 2.92. The van der Waals surface area contributed by atoms with Crippen LogP contribution in [0.25, 0.3) is 0 Å². The molecule has 0 aromatic carbocycles. The lowest BCUT2D eigenvalue weighted by Gasteiger charge is -2.19. The van der Waals surface area contributed by atoms with Gasteiger partial charge in [0, 0.05) is 13.6 Å². The van der Waals surface area contributed by atoms with E-state index >= 15 is 0 Å². The van der Waals surface area contributed by atoms with Gasteiger partial charge in [-0.05, 0) is 25.5 Å². The summed E-state index contributed by atoms with van der Waals surface area (Å²) in [5.74, 6) is 1.88. The quantitative estimate of drug-likeness (QED) is 0.882. The first-order valence-corrected chi connectivity index (χ1v) is 6.19. The smallest absolute Gasteiger partial charge is 0.150 e. The summed E-state index contributed by atoms with van der Waals surface area (Å²) in [6, 6.07) is 3.85. The number of aryl methyl sites for hydroxylation is 2. The monoisotopic (exact) mass is 248 g/mol. The van der Waals surface area contributed by atoms with Crippen molar-refractivity contribution in [3.63, 3.8) is 0 Å². The Morgan fingerprint density at radius 3 is 2.89 bits per heavy atom. The van der Waals surface area contributed by atoms with Gasteiger partial charge in [-0.2, -0.15) is 5.10 Å². The zero-order chi connectivity index (χ0) is 13.1. The van der Waals surface area contributed by atoms with Gasteiger partial charge in [-0.25, -0.2) is 4.68 Å². The molecule has 0 saturated heterocycles. The standard InChI is InChI=1S/C13H20N4O/c1-4-7-17-13(12(14)10(2)15-17)16(3)9-11-6-5-8-18-11/h5-6,8H,4,7,9,14H2,1-3H3. The number of aromatic nitrogens is 2. The van der Waals surface area contributed by atoms with Crippen LogP contribution in [-0.4, -0.2) is 16.8 Å². The van der Waals surface area contributed by atoms with Crippen molar-refractivity contribution in [1.82, 2.24) is 9.78 Å². The SMILES string of the molecule is CCCn1nc(C)c(N)c1N(C)Cc1ccco1. The predicted octanol–water partition coefficient (Wildman–Crippen LogP) is 2.41. The number of nitrogens with two attached hydrogens (primary N) is 1. The number of hydrogen-bond donors (Lipinski definition) is 1. The molecule has 0 saturated carbocycles.